The molecular formula is C16H27N3O3. The number of aromatic nitrogens is 2. The predicted octanol–water partition coefficient (Wildman–Crippen LogP) is 2.02. The molecule has 22 heavy (non-hydrogen) atoms. The third-order valence-electron chi connectivity index (χ3n) is 3.65. The number of rotatable bonds is 7. The largest absolute Gasteiger partial charge is 0.480 e. The number of amides is 1. The van der Waals surface area contributed by atoms with Gasteiger partial charge in [0, 0.05) is 23.8 Å². The van der Waals surface area contributed by atoms with Gasteiger partial charge in [0.25, 0.3) is 0 Å². The van der Waals surface area contributed by atoms with Crippen molar-refractivity contribution in [1.82, 2.24) is 14.7 Å². The number of nitrogens with zero attached hydrogens (tertiary/aromatic N) is 3. The van der Waals surface area contributed by atoms with Crippen molar-refractivity contribution in [2.45, 2.75) is 60.5 Å². The van der Waals surface area contributed by atoms with Gasteiger partial charge in [-0.2, -0.15) is 5.10 Å². The Morgan fingerprint density at radius 2 is 1.82 bits per heavy atom. The maximum absolute atomic E-state index is 12.5. The lowest BCUT2D eigenvalue weighted by atomic mass is 10.1. The molecule has 0 aliphatic rings. The number of aliphatic carboxylic acids is 1. The van der Waals surface area contributed by atoms with Crippen LogP contribution in [0.1, 0.15) is 44.6 Å². The second-order valence-corrected chi connectivity index (χ2v) is 6.41. The maximum Gasteiger partial charge on any atom is 0.323 e. The smallest absolute Gasteiger partial charge is 0.323 e. The lowest BCUT2D eigenvalue weighted by molar-refractivity contribution is -0.145. The Bertz CT molecular complexity index is 547. The Labute approximate surface area is 132 Å². The third kappa shape index (κ3) is 4.58. The average molecular weight is 309 g/mol. The van der Waals surface area contributed by atoms with Crippen LogP contribution in [0, 0.1) is 19.8 Å². The molecule has 0 radical (unpaired) electrons. The van der Waals surface area contributed by atoms with E-state index in [9.17, 15) is 9.59 Å². The van der Waals surface area contributed by atoms with Crippen molar-refractivity contribution in [2.24, 2.45) is 5.92 Å². The lowest BCUT2D eigenvalue weighted by Crippen LogP contribution is -2.41. The molecule has 0 fully saturated rings. The Morgan fingerprint density at radius 3 is 2.27 bits per heavy atom. The molecule has 0 aromatic carbocycles. The van der Waals surface area contributed by atoms with Crippen molar-refractivity contribution in [3.05, 3.63) is 17.0 Å². The van der Waals surface area contributed by atoms with Gasteiger partial charge in [0.1, 0.15) is 6.54 Å². The quantitative estimate of drug-likeness (QED) is 0.836. The van der Waals surface area contributed by atoms with Crippen LogP contribution in [0.15, 0.2) is 0 Å². The minimum atomic E-state index is -0.994. The summed E-state index contributed by atoms with van der Waals surface area (Å²) in [6, 6.07) is -0.144. The molecular weight excluding hydrogens is 282 g/mol. The van der Waals surface area contributed by atoms with Crippen molar-refractivity contribution in [2.75, 3.05) is 6.54 Å². The maximum atomic E-state index is 12.5. The Morgan fingerprint density at radius 1 is 1.23 bits per heavy atom. The fourth-order valence-electron chi connectivity index (χ4n) is 2.47. The number of carbonyl (C=O) groups excluding carboxylic acids is 1. The zero-order valence-corrected chi connectivity index (χ0v) is 14.4. The molecule has 124 valence electrons. The van der Waals surface area contributed by atoms with E-state index in [4.69, 9.17) is 5.11 Å². The predicted molar refractivity (Wildman–Crippen MR) is 84.7 cm³/mol. The molecule has 1 aromatic rings. The van der Waals surface area contributed by atoms with Gasteiger partial charge in [0.05, 0.1) is 12.1 Å². The van der Waals surface area contributed by atoms with Gasteiger partial charge < -0.3 is 10.0 Å². The van der Waals surface area contributed by atoms with Crippen LogP contribution in [0.5, 0.6) is 0 Å². The third-order valence-corrected chi connectivity index (χ3v) is 3.65. The van der Waals surface area contributed by atoms with Crippen LogP contribution in [0.4, 0.5) is 0 Å². The van der Waals surface area contributed by atoms with E-state index in [-0.39, 0.29) is 24.9 Å². The molecule has 0 saturated heterocycles. The topological polar surface area (TPSA) is 75.4 Å². The van der Waals surface area contributed by atoms with E-state index in [2.05, 4.69) is 18.9 Å². The first-order valence-electron chi connectivity index (χ1n) is 7.67. The summed E-state index contributed by atoms with van der Waals surface area (Å²) >= 11 is 0. The molecule has 1 aromatic heterocycles. The highest BCUT2D eigenvalue weighted by molar-refractivity contribution is 5.83. The van der Waals surface area contributed by atoms with Crippen LogP contribution in [0.25, 0.3) is 0 Å². The summed E-state index contributed by atoms with van der Waals surface area (Å²) < 4.78 is 1.93. The van der Waals surface area contributed by atoms with E-state index in [1.807, 2.05) is 32.4 Å². The fourth-order valence-corrected chi connectivity index (χ4v) is 2.47. The molecule has 1 amide bonds. The summed E-state index contributed by atoms with van der Waals surface area (Å²) in [4.78, 5) is 24.8. The second-order valence-electron chi connectivity index (χ2n) is 6.41. The van der Waals surface area contributed by atoms with Gasteiger partial charge in [-0.15, -0.1) is 0 Å². The second kappa shape index (κ2) is 7.42. The highest BCUT2D eigenvalue weighted by atomic mass is 16.4. The van der Waals surface area contributed by atoms with Crippen molar-refractivity contribution >= 4 is 11.9 Å². The van der Waals surface area contributed by atoms with Crippen molar-refractivity contribution in [3.8, 4) is 0 Å². The summed E-state index contributed by atoms with van der Waals surface area (Å²) in [5, 5.41) is 13.4. The molecule has 1 N–H and O–H groups in total. The van der Waals surface area contributed by atoms with Crippen LogP contribution in [0.2, 0.25) is 0 Å². The molecule has 0 saturated carbocycles. The van der Waals surface area contributed by atoms with E-state index in [0.717, 1.165) is 23.5 Å². The van der Waals surface area contributed by atoms with Crippen molar-refractivity contribution < 1.29 is 14.7 Å². The first-order valence-corrected chi connectivity index (χ1v) is 7.67. The molecule has 0 spiro atoms. The van der Waals surface area contributed by atoms with Gasteiger partial charge in [0.2, 0.25) is 5.91 Å². The van der Waals surface area contributed by atoms with Crippen LogP contribution in [-0.2, 0) is 22.6 Å². The van der Waals surface area contributed by atoms with Crippen LogP contribution < -0.4 is 0 Å². The van der Waals surface area contributed by atoms with E-state index in [0.29, 0.717) is 5.92 Å². The van der Waals surface area contributed by atoms with Crippen LogP contribution in [0.3, 0.4) is 0 Å². The van der Waals surface area contributed by atoms with Crippen molar-refractivity contribution in [1.29, 1.82) is 0 Å². The number of aryl methyl sites for hydroxylation is 1. The molecule has 0 bridgehead atoms. The summed E-state index contributed by atoms with van der Waals surface area (Å²) in [6.45, 7) is 12.3. The standard InChI is InChI=1S/C16H27N3O3/c1-10(2)8-19-13(6)14(12(5)17-19)7-15(20)18(11(3)4)9-16(21)22/h10-11H,7-9H2,1-6H3,(H,21,22). The SMILES string of the molecule is Cc1nn(CC(C)C)c(C)c1CC(=O)N(CC(=O)O)C(C)C. The first kappa shape index (κ1) is 18.2. The zero-order valence-electron chi connectivity index (χ0n) is 14.4. The lowest BCUT2D eigenvalue weighted by Gasteiger charge is -2.25. The van der Waals surface area contributed by atoms with Gasteiger partial charge in [-0.05, 0) is 33.6 Å². The highest BCUT2D eigenvalue weighted by Crippen LogP contribution is 2.17. The molecule has 0 aliphatic carbocycles. The van der Waals surface area contributed by atoms with E-state index >= 15 is 0 Å². The molecule has 0 aliphatic heterocycles. The molecule has 1 heterocycles. The molecule has 0 atom stereocenters. The number of hydrogen-bond donors (Lipinski definition) is 1. The summed E-state index contributed by atoms with van der Waals surface area (Å²) in [5.41, 5.74) is 2.73. The van der Waals surface area contributed by atoms with Crippen LogP contribution in [-0.4, -0.2) is 44.3 Å². The van der Waals surface area contributed by atoms with Gasteiger partial charge in [-0.1, -0.05) is 13.8 Å². The monoisotopic (exact) mass is 309 g/mol. The van der Waals surface area contributed by atoms with E-state index in [1.54, 1.807) is 0 Å². The number of carboxylic acid groups (broad SMARTS) is 1. The van der Waals surface area contributed by atoms with Gasteiger partial charge in [-0.3, -0.25) is 14.3 Å². The van der Waals surface area contributed by atoms with Gasteiger partial charge >= 0.3 is 5.97 Å². The first-order chi connectivity index (χ1) is 10.1. The summed E-state index contributed by atoms with van der Waals surface area (Å²) in [5.74, 6) is -0.695. The minimum Gasteiger partial charge on any atom is -0.480 e. The number of hydrogen-bond acceptors (Lipinski definition) is 3. The molecule has 1 rings (SSSR count). The number of carbonyl (C=O) groups is 2. The summed E-state index contributed by atoms with van der Waals surface area (Å²) in [7, 11) is 0. The highest BCUT2D eigenvalue weighted by Gasteiger charge is 2.23. The Balaban J connectivity index is 2.95. The summed E-state index contributed by atoms with van der Waals surface area (Å²) in [6.07, 6.45) is 0.196. The van der Waals surface area contributed by atoms with Crippen LogP contribution >= 0.6 is 0 Å². The fraction of sp³-hybridized carbons (Fsp3) is 0.688. The van der Waals surface area contributed by atoms with Gasteiger partial charge in [0.15, 0.2) is 0 Å². The molecule has 0 unspecified atom stereocenters. The average Bonchev–Trinajstić information content (AvgIpc) is 2.62. The minimum absolute atomic E-state index is 0.144. The molecule has 6 heteroatoms. The Kier molecular flexibility index (Phi) is 6.14. The van der Waals surface area contributed by atoms with Gasteiger partial charge in [-0.25, -0.2) is 0 Å². The normalized spacial score (nSPS) is 11.3. The van der Waals surface area contributed by atoms with E-state index in [1.165, 1.54) is 4.90 Å². The Hall–Kier alpha value is -1.85. The molecule has 6 nitrogen and oxygen atoms in total. The number of carboxylic acids is 1. The van der Waals surface area contributed by atoms with E-state index < -0.39 is 5.97 Å². The zero-order chi connectivity index (χ0) is 17.0. The van der Waals surface area contributed by atoms with Crippen molar-refractivity contribution in [3.63, 3.8) is 0 Å².